The van der Waals surface area contributed by atoms with E-state index in [2.05, 4.69) is 48.2 Å². The summed E-state index contributed by atoms with van der Waals surface area (Å²) in [5.41, 5.74) is 0.191. The fourth-order valence-corrected chi connectivity index (χ4v) is 4.43. The molecule has 2 aliphatic rings. The molecule has 0 aromatic heterocycles. The molecule has 2 rings (SSSR count). The van der Waals surface area contributed by atoms with Gasteiger partial charge in [-0.05, 0) is 63.1 Å². The summed E-state index contributed by atoms with van der Waals surface area (Å²) in [7, 11) is 1.87. The Balaban J connectivity index is 0.00000364. The molecule has 0 aromatic carbocycles. The van der Waals surface area contributed by atoms with Gasteiger partial charge in [0.25, 0.3) is 0 Å². The Morgan fingerprint density at radius 3 is 2.37 bits per heavy atom. The third-order valence-electron chi connectivity index (χ3n) is 5.86. The van der Waals surface area contributed by atoms with Crippen LogP contribution in [0.15, 0.2) is 4.99 Å². The second-order valence-electron chi connectivity index (χ2n) is 9.18. The summed E-state index contributed by atoms with van der Waals surface area (Å²) < 4.78 is 6.10. The topological polar surface area (TPSA) is 48.9 Å². The van der Waals surface area contributed by atoms with Crippen molar-refractivity contribution in [3.05, 3.63) is 0 Å². The predicted octanol–water partition coefficient (Wildman–Crippen LogP) is 3.73. The Kier molecular flexibility index (Phi) is 11.5. The third kappa shape index (κ3) is 8.44. The number of ether oxygens (including phenoxy) is 1. The van der Waals surface area contributed by atoms with Crippen molar-refractivity contribution in [2.24, 2.45) is 22.2 Å². The molecule has 0 spiro atoms. The van der Waals surface area contributed by atoms with Crippen molar-refractivity contribution in [3.8, 4) is 0 Å². The number of nitrogens with one attached hydrogen (secondary N) is 2. The van der Waals surface area contributed by atoms with E-state index in [1.165, 1.54) is 51.7 Å². The molecule has 2 saturated heterocycles. The van der Waals surface area contributed by atoms with Gasteiger partial charge >= 0.3 is 0 Å². The van der Waals surface area contributed by atoms with Gasteiger partial charge < -0.3 is 20.3 Å². The Labute approximate surface area is 184 Å². The second kappa shape index (κ2) is 12.5. The van der Waals surface area contributed by atoms with E-state index in [0.717, 1.165) is 31.6 Å². The molecule has 0 bridgehead atoms. The highest BCUT2D eigenvalue weighted by Crippen LogP contribution is 2.33. The predicted molar refractivity (Wildman–Crippen MR) is 126 cm³/mol. The van der Waals surface area contributed by atoms with Gasteiger partial charge in [0.05, 0.1) is 6.10 Å². The maximum atomic E-state index is 6.10. The van der Waals surface area contributed by atoms with Crippen molar-refractivity contribution < 1.29 is 4.74 Å². The average molecular weight is 495 g/mol. The van der Waals surface area contributed by atoms with Crippen LogP contribution in [-0.2, 0) is 4.74 Å². The number of aliphatic imine (C=N–C) groups is 1. The first kappa shape index (κ1) is 25.0. The number of rotatable bonds is 6. The van der Waals surface area contributed by atoms with Gasteiger partial charge in [-0.15, -0.1) is 24.0 Å². The summed E-state index contributed by atoms with van der Waals surface area (Å²) in [4.78, 5) is 7.03. The lowest BCUT2D eigenvalue weighted by atomic mass is 9.78. The van der Waals surface area contributed by atoms with Crippen LogP contribution >= 0.6 is 24.0 Å². The number of hydrogen-bond acceptors (Lipinski definition) is 3. The Hall–Kier alpha value is -0.0800. The molecule has 0 aliphatic carbocycles. The van der Waals surface area contributed by atoms with Crippen LogP contribution in [0.4, 0.5) is 0 Å². The largest absolute Gasteiger partial charge is 0.377 e. The quantitative estimate of drug-likeness (QED) is 0.336. The highest BCUT2D eigenvalue weighted by Gasteiger charge is 2.35. The Morgan fingerprint density at radius 1 is 1.11 bits per heavy atom. The first-order chi connectivity index (χ1) is 12.4. The minimum atomic E-state index is 0. The maximum Gasteiger partial charge on any atom is 0.190 e. The number of nitrogens with zero attached hydrogens (tertiary/aromatic N) is 2. The highest BCUT2D eigenvalue weighted by atomic mass is 127. The lowest BCUT2D eigenvalue weighted by Gasteiger charge is -2.40. The summed E-state index contributed by atoms with van der Waals surface area (Å²) in [6.45, 7) is 15.8. The van der Waals surface area contributed by atoms with Gasteiger partial charge in [0.1, 0.15) is 0 Å². The smallest absolute Gasteiger partial charge is 0.190 e. The number of likely N-dealkylation sites (tertiary alicyclic amines) is 1. The molecule has 2 atom stereocenters. The van der Waals surface area contributed by atoms with Crippen molar-refractivity contribution in [1.29, 1.82) is 0 Å². The zero-order valence-electron chi connectivity index (χ0n) is 18.2. The molecule has 2 fully saturated rings. The van der Waals surface area contributed by atoms with Crippen molar-refractivity contribution in [3.63, 3.8) is 0 Å². The van der Waals surface area contributed by atoms with Crippen LogP contribution in [0.25, 0.3) is 0 Å². The van der Waals surface area contributed by atoms with Gasteiger partial charge in [-0.1, -0.05) is 27.7 Å². The summed E-state index contributed by atoms with van der Waals surface area (Å²) >= 11 is 0. The van der Waals surface area contributed by atoms with Crippen LogP contribution in [0.5, 0.6) is 0 Å². The van der Waals surface area contributed by atoms with Crippen LogP contribution in [0.2, 0.25) is 0 Å². The number of hydrogen-bond donors (Lipinski definition) is 2. The number of piperidine rings is 1. The van der Waals surface area contributed by atoms with Crippen LogP contribution in [0, 0.1) is 17.3 Å². The molecule has 2 unspecified atom stereocenters. The zero-order valence-corrected chi connectivity index (χ0v) is 20.6. The van der Waals surface area contributed by atoms with E-state index in [1.54, 1.807) is 0 Å². The lowest BCUT2D eigenvalue weighted by molar-refractivity contribution is -0.0835. The summed E-state index contributed by atoms with van der Waals surface area (Å²) in [5.74, 6) is 2.26. The van der Waals surface area contributed by atoms with Gasteiger partial charge in [-0.3, -0.25) is 4.99 Å². The standard InChI is InChI=1S/C21H42N4O.HI/c1-6-11-25-12-9-17(10-13-25)15-23-20(22-5)24-16-18-8-7-14-26-19(18)21(2,3)4;/h17-19H,6-16H2,1-5H3,(H2,22,23,24);1H. The van der Waals surface area contributed by atoms with Gasteiger partial charge in [-0.2, -0.15) is 0 Å². The molecule has 2 aliphatic heterocycles. The highest BCUT2D eigenvalue weighted by molar-refractivity contribution is 14.0. The number of guanidine groups is 1. The minimum Gasteiger partial charge on any atom is -0.377 e. The van der Waals surface area contributed by atoms with Crippen molar-refractivity contribution in [2.75, 3.05) is 46.4 Å². The molecule has 0 radical (unpaired) electrons. The van der Waals surface area contributed by atoms with E-state index in [-0.39, 0.29) is 29.4 Å². The van der Waals surface area contributed by atoms with Crippen LogP contribution < -0.4 is 10.6 Å². The third-order valence-corrected chi connectivity index (χ3v) is 5.86. The molecule has 2 heterocycles. The van der Waals surface area contributed by atoms with Crippen LogP contribution in [-0.4, -0.2) is 63.3 Å². The molecular weight excluding hydrogens is 451 g/mol. The van der Waals surface area contributed by atoms with E-state index in [4.69, 9.17) is 4.74 Å². The van der Waals surface area contributed by atoms with Crippen LogP contribution in [0.1, 0.15) is 59.8 Å². The molecule has 0 aromatic rings. The normalized spacial score (nSPS) is 25.7. The number of halogens is 1. The minimum absolute atomic E-state index is 0. The SMILES string of the molecule is CCCN1CCC(CNC(=NC)NCC2CCCOC2C(C)(C)C)CC1.I. The van der Waals surface area contributed by atoms with E-state index < -0.39 is 0 Å². The molecule has 0 amide bonds. The van der Waals surface area contributed by atoms with Crippen molar-refractivity contribution in [2.45, 2.75) is 65.9 Å². The van der Waals surface area contributed by atoms with E-state index in [1.807, 2.05) is 7.05 Å². The molecular formula is C21H43IN4O. The molecule has 5 nitrogen and oxygen atoms in total. The molecule has 27 heavy (non-hydrogen) atoms. The van der Waals surface area contributed by atoms with Gasteiger partial charge in [0.15, 0.2) is 5.96 Å². The average Bonchev–Trinajstić information content (AvgIpc) is 2.63. The summed E-state index contributed by atoms with van der Waals surface area (Å²) in [6, 6.07) is 0. The van der Waals surface area contributed by atoms with Gasteiger partial charge in [0, 0.05) is 32.7 Å². The fraction of sp³-hybridized carbons (Fsp3) is 0.952. The first-order valence-corrected chi connectivity index (χ1v) is 10.7. The Bertz CT molecular complexity index is 430. The molecule has 6 heteroatoms. The second-order valence-corrected chi connectivity index (χ2v) is 9.18. The first-order valence-electron chi connectivity index (χ1n) is 10.7. The van der Waals surface area contributed by atoms with Gasteiger partial charge in [0.2, 0.25) is 0 Å². The molecule has 2 N–H and O–H groups in total. The van der Waals surface area contributed by atoms with E-state index in [9.17, 15) is 0 Å². The molecule has 160 valence electrons. The zero-order chi connectivity index (χ0) is 19.0. The van der Waals surface area contributed by atoms with E-state index >= 15 is 0 Å². The van der Waals surface area contributed by atoms with Crippen LogP contribution in [0.3, 0.4) is 0 Å². The maximum absolute atomic E-state index is 6.10. The van der Waals surface area contributed by atoms with Gasteiger partial charge in [-0.25, -0.2) is 0 Å². The van der Waals surface area contributed by atoms with Crippen molar-refractivity contribution >= 4 is 29.9 Å². The fourth-order valence-electron chi connectivity index (χ4n) is 4.43. The lowest BCUT2D eigenvalue weighted by Crippen LogP contribution is -2.48. The summed E-state index contributed by atoms with van der Waals surface area (Å²) in [5, 5.41) is 7.12. The summed E-state index contributed by atoms with van der Waals surface area (Å²) in [6.07, 6.45) is 6.59. The van der Waals surface area contributed by atoms with Crippen molar-refractivity contribution in [1.82, 2.24) is 15.5 Å². The van der Waals surface area contributed by atoms with E-state index in [0.29, 0.717) is 12.0 Å². The Morgan fingerprint density at radius 2 is 1.78 bits per heavy atom. The molecule has 0 saturated carbocycles. The monoisotopic (exact) mass is 494 g/mol.